The third-order valence-corrected chi connectivity index (χ3v) is 15.7. The largest absolute Gasteiger partial charge is 0.308 e. The van der Waals surface area contributed by atoms with Gasteiger partial charge in [-0.2, -0.15) is 0 Å². The second-order valence-electron chi connectivity index (χ2n) is 18.4. The number of anilines is 6. The number of hydrogen-bond donors (Lipinski definition) is 0. The van der Waals surface area contributed by atoms with Gasteiger partial charge in [0.1, 0.15) is 0 Å². The van der Waals surface area contributed by atoms with Crippen LogP contribution in [0.2, 0.25) is 0 Å². The van der Waals surface area contributed by atoms with Gasteiger partial charge in [-0.1, -0.05) is 193 Å². The van der Waals surface area contributed by atoms with E-state index in [9.17, 15) is 0 Å². The fourth-order valence-corrected chi connectivity index (χ4v) is 12.0. The van der Waals surface area contributed by atoms with Crippen molar-refractivity contribution in [2.45, 2.75) is 19.6 Å². The van der Waals surface area contributed by atoms with Gasteiger partial charge >= 0.3 is 0 Å². The summed E-state index contributed by atoms with van der Waals surface area (Å²) in [5.41, 5.74) is 13.4. The van der Waals surface area contributed by atoms with Crippen LogP contribution in [0.15, 0.2) is 274 Å². The van der Waals surface area contributed by atoms with Crippen molar-refractivity contribution < 1.29 is 0 Å². The van der Waals surface area contributed by atoms with Crippen molar-refractivity contribution in [3.63, 3.8) is 0 Å². The lowest BCUT2D eigenvalue weighted by molar-refractivity contribution is 1.07. The number of nitrogens with zero attached hydrogens (tertiary/aromatic N) is 8. The maximum atomic E-state index is 5.28. The number of benzene rings is 10. The van der Waals surface area contributed by atoms with Crippen LogP contribution in [-0.2, 0) is 0 Å². The topological polar surface area (TPSA) is 83.8 Å². The Hall–Kier alpha value is -9.48. The van der Waals surface area contributed by atoms with Crippen molar-refractivity contribution in [1.29, 1.82) is 0 Å². The molecule has 14 rings (SSSR count). The molecular formula is C66H42N8S2. The van der Waals surface area contributed by atoms with Crippen LogP contribution in [0.4, 0.5) is 34.1 Å². The first kappa shape index (κ1) is 45.2. The average molecular weight is 1010 g/mol. The molecule has 0 saturated carbocycles. The molecule has 10 aromatic carbocycles. The Bertz CT molecular complexity index is 3680. The molecule has 2 aliphatic heterocycles. The lowest BCUT2D eigenvalue weighted by atomic mass is 9.96. The van der Waals surface area contributed by atoms with Crippen LogP contribution < -0.4 is 9.80 Å². The van der Waals surface area contributed by atoms with Gasteiger partial charge in [-0.05, 0) is 96.1 Å². The number of fused-ring (bicyclic) bond motifs is 4. The Labute approximate surface area is 448 Å². The highest BCUT2D eigenvalue weighted by atomic mass is 32.2. The number of aromatic nitrogens is 6. The van der Waals surface area contributed by atoms with Gasteiger partial charge in [-0.3, -0.25) is 0 Å². The van der Waals surface area contributed by atoms with E-state index in [1.165, 1.54) is 19.6 Å². The smallest absolute Gasteiger partial charge is 0.164 e. The minimum absolute atomic E-state index is 0.514. The van der Waals surface area contributed by atoms with Crippen LogP contribution in [0.3, 0.4) is 0 Å². The van der Waals surface area contributed by atoms with E-state index in [0.29, 0.717) is 34.9 Å². The molecule has 2 aliphatic rings. The van der Waals surface area contributed by atoms with E-state index < -0.39 is 0 Å². The van der Waals surface area contributed by atoms with Crippen molar-refractivity contribution in [3.8, 4) is 79.5 Å². The summed E-state index contributed by atoms with van der Waals surface area (Å²) >= 11 is 3.60. The molecule has 10 heteroatoms. The lowest BCUT2D eigenvalue weighted by Crippen LogP contribution is -2.17. The molecule has 76 heavy (non-hydrogen) atoms. The van der Waals surface area contributed by atoms with Gasteiger partial charge in [0.25, 0.3) is 0 Å². The maximum Gasteiger partial charge on any atom is 0.164 e. The zero-order chi connectivity index (χ0) is 50.4. The number of hydrogen-bond acceptors (Lipinski definition) is 10. The molecule has 0 atom stereocenters. The van der Waals surface area contributed by atoms with Crippen molar-refractivity contribution in [2.24, 2.45) is 0 Å². The molecule has 0 unspecified atom stereocenters. The van der Waals surface area contributed by atoms with Crippen molar-refractivity contribution in [1.82, 2.24) is 29.9 Å². The van der Waals surface area contributed by atoms with Crippen LogP contribution >= 0.6 is 23.5 Å². The molecule has 0 N–H and O–H groups in total. The molecule has 0 radical (unpaired) electrons. The van der Waals surface area contributed by atoms with E-state index in [2.05, 4.69) is 143 Å². The van der Waals surface area contributed by atoms with Gasteiger partial charge in [0.15, 0.2) is 34.9 Å². The Morgan fingerprint density at radius 1 is 0.211 bits per heavy atom. The SMILES string of the molecule is c1ccc(-c2nc(-c3ccccc3)nc(-c3cc(-c4cc(N5c6ccccc6Sc6ccccc65)cc(N5c6ccccc6Sc6ccccc65)c4)cc(-c4nc(-c5ccccc5)nc(-c5ccccc5)n4)c3)n2)cc1. The van der Waals surface area contributed by atoms with Gasteiger partial charge in [0.05, 0.1) is 22.7 Å². The van der Waals surface area contributed by atoms with E-state index in [1.807, 2.05) is 121 Å². The Morgan fingerprint density at radius 2 is 0.447 bits per heavy atom. The Morgan fingerprint density at radius 3 is 0.750 bits per heavy atom. The van der Waals surface area contributed by atoms with Crippen molar-refractivity contribution >= 4 is 57.6 Å². The summed E-state index contributed by atoms with van der Waals surface area (Å²) in [6, 6.07) is 88.5. The van der Waals surface area contributed by atoms with Gasteiger partial charge in [-0.25, -0.2) is 29.9 Å². The number of para-hydroxylation sites is 4. The highest BCUT2D eigenvalue weighted by Gasteiger charge is 2.29. The first-order valence-electron chi connectivity index (χ1n) is 25.0. The first-order valence-corrected chi connectivity index (χ1v) is 26.6. The van der Waals surface area contributed by atoms with E-state index in [-0.39, 0.29) is 0 Å². The summed E-state index contributed by atoms with van der Waals surface area (Å²) in [5.74, 6) is 3.30. The van der Waals surface area contributed by atoms with Crippen molar-refractivity contribution in [3.05, 3.63) is 255 Å². The summed E-state index contributed by atoms with van der Waals surface area (Å²) in [4.78, 5) is 40.8. The molecule has 0 saturated heterocycles. The summed E-state index contributed by atoms with van der Waals surface area (Å²) in [6.45, 7) is 0. The molecule has 8 nitrogen and oxygen atoms in total. The predicted octanol–water partition coefficient (Wildman–Crippen LogP) is 17.6. The molecular weight excluding hydrogens is 969 g/mol. The zero-order valence-electron chi connectivity index (χ0n) is 40.6. The second-order valence-corrected chi connectivity index (χ2v) is 20.5. The predicted molar refractivity (Wildman–Crippen MR) is 309 cm³/mol. The third-order valence-electron chi connectivity index (χ3n) is 13.5. The summed E-state index contributed by atoms with van der Waals surface area (Å²) in [6.07, 6.45) is 0. The standard InChI is InChI=1S/C66H42N8S2/c1-5-21-43(22-6-1)61-67-62(44-23-7-2-8-24-44)70-65(69-61)49-37-47(38-50(39-49)66-71-63(45-25-9-3-10-26-45)68-64(72-66)46-27-11-4-12-28-46)48-40-51(73-53-29-13-17-33-57(53)75-58-34-18-14-30-54(58)73)42-52(41-48)74-55-31-15-19-35-59(55)76-60-36-20-16-32-56(60)74/h1-42H. The fourth-order valence-electron chi connectivity index (χ4n) is 9.91. The Kier molecular flexibility index (Phi) is 11.5. The van der Waals surface area contributed by atoms with Gasteiger partial charge in [0, 0.05) is 64.3 Å². The molecule has 358 valence electrons. The van der Waals surface area contributed by atoms with Crippen LogP contribution in [0, 0.1) is 0 Å². The molecule has 2 aromatic heterocycles. The monoisotopic (exact) mass is 1010 g/mol. The minimum atomic E-state index is 0.514. The fraction of sp³-hybridized carbons (Fsp3) is 0. The summed E-state index contributed by atoms with van der Waals surface area (Å²) in [7, 11) is 0. The summed E-state index contributed by atoms with van der Waals surface area (Å²) in [5, 5.41) is 0. The van der Waals surface area contributed by atoms with Crippen LogP contribution in [-0.4, -0.2) is 29.9 Å². The zero-order valence-corrected chi connectivity index (χ0v) is 42.3. The van der Waals surface area contributed by atoms with E-state index in [1.54, 1.807) is 23.5 Å². The number of rotatable bonds is 9. The van der Waals surface area contributed by atoms with Gasteiger partial charge in [0.2, 0.25) is 0 Å². The van der Waals surface area contributed by atoms with E-state index >= 15 is 0 Å². The van der Waals surface area contributed by atoms with Crippen molar-refractivity contribution in [2.75, 3.05) is 9.80 Å². The maximum absolute atomic E-state index is 5.28. The van der Waals surface area contributed by atoms with Gasteiger partial charge in [-0.15, -0.1) is 0 Å². The van der Waals surface area contributed by atoms with Crippen LogP contribution in [0.5, 0.6) is 0 Å². The molecule has 0 spiro atoms. The highest BCUT2D eigenvalue weighted by Crippen LogP contribution is 2.55. The second kappa shape index (κ2) is 19.4. The van der Waals surface area contributed by atoms with E-state index in [0.717, 1.165) is 78.6 Å². The molecule has 0 fully saturated rings. The van der Waals surface area contributed by atoms with Crippen LogP contribution in [0.1, 0.15) is 0 Å². The normalized spacial score (nSPS) is 12.3. The molecule has 0 amide bonds. The molecule has 0 aliphatic carbocycles. The first-order chi connectivity index (χ1) is 37.6. The summed E-state index contributed by atoms with van der Waals surface area (Å²) < 4.78 is 0. The van der Waals surface area contributed by atoms with Crippen LogP contribution in [0.25, 0.3) is 79.5 Å². The minimum Gasteiger partial charge on any atom is -0.308 e. The molecule has 0 bridgehead atoms. The lowest BCUT2D eigenvalue weighted by Gasteiger charge is -2.36. The van der Waals surface area contributed by atoms with E-state index in [4.69, 9.17) is 29.9 Å². The quantitative estimate of drug-likeness (QED) is 0.139. The molecule has 12 aromatic rings. The van der Waals surface area contributed by atoms with Gasteiger partial charge < -0.3 is 9.80 Å². The average Bonchev–Trinajstić information content (AvgIpc) is 3.50. The highest BCUT2D eigenvalue weighted by molar-refractivity contribution is 8.00. The molecule has 4 heterocycles. The Balaban J connectivity index is 1.06. The third kappa shape index (κ3) is 8.55.